The van der Waals surface area contributed by atoms with Gasteiger partial charge in [-0.25, -0.2) is 8.78 Å². The predicted molar refractivity (Wildman–Crippen MR) is 46.4 cm³/mol. The van der Waals surface area contributed by atoms with Crippen molar-refractivity contribution in [2.45, 2.75) is 0 Å². The third-order valence-corrected chi connectivity index (χ3v) is 1.42. The SMILES string of the molecule is O=Cc1cc(F)c(N=C=S)c(F)c1. The molecule has 1 aromatic carbocycles. The lowest BCUT2D eigenvalue weighted by molar-refractivity contribution is 0.112. The number of isothiocyanates is 1. The Balaban J connectivity index is 3.38. The average molecular weight is 199 g/mol. The Hall–Kier alpha value is -1.45. The van der Waals surface area contributed by atoms with E-state index in [1.165, 1.54) is 0 Å². The number of halogens is 2. The van der Waals surface area contributed by atoms with Crippen molar-refractivity contribution in [3.05, 3.63) is 29.3 Å². The second kappa shape index (κ2) is 3.98. The van der Waals surface area contributed by atoms with Crippen LogP contribution >= 0.6 is 12.2 Å². The van der Waals surface area contributed by atoms with Crippen LogP contribution in [0.4, 0.5) is 14.5 Å². The zero-order valence-corrected chi connectivity index (χ0v) is 7.07. The van der Waals surface area contributed by atoms with Crippen molar-refractivity contribution in [2.24, 2.45) is 4.99 Å². The summed E-state index contributed by atoms with van der Waals surface area (Å²) in [6, 6.07) is 1.75. The van der Waals surface area contributed by atoms with Crippen molar-refractivity contribution < 1.29 is 13.6 Å². The van der Waals surface area contributed by atoms with E-state index in [4.69, 9.17) is 0 Å². The molecule has 66 valence electrons. The molecule has 0 unspecified atom stereocenters. The number of aldehydes is 1. The molecule has 0 aromatic heterocycles. The minimum Gasteiger partial charge on any atom is -0.298 e. The fourth-order valence-corrected chi connectivity index (χ4v) is 0.897. The van der Waals surface area contributed by atoms with Gasteiger partial charge in [-0.2, -0.15) is 4.99 Å². The molecule has 13 heavy (non-hydrogen) atoms. The molecule has 0 atom stereocenters. The summed E-state index contributed by atoms with van der Waals surface area (Å²) in [7, 11) is 0. The van der Waals surface area contributed by atoms with Gasteiger partial charge in [-0.15, -0.1) is 0 Å². The van der Waals surface area contributed by atoms with Gasteiger partial charge in [-0.1, -0.05) is 0 Å². The molecule has 0 aliphatic rings. The second-order valence-corrected chi connectivity index (χ2v) is 2.34. The van der Waals surface area contributed by atoms with Crippen molar-refractivity contribution in [1.82, 2.24) is 0 Å². The third kappa shape index (κ3) is 2.02. The van der Waals surface area contributed by atoms with E-state index in [9.17, 15) is 13.6 Å². The van der Waals surface area contributed by atoms with Gasteiger partial charge < -0.3 is 0 Å². The Kier molecular flexibility index (Phi) is 2.95. The van der Waals surface area contributed by atoms with Crippen LogP contribution in [0.5, 0.6) is 0 Å². The molecule has 0 aliphatic heterocycles. The highest BCUT2D eigenvalue weighted by Gasteiger charge is 2.09. The number of rotatable bonds is 2. The largest absolute Gasteiger partial charge is 0.298 e. The summed E-state index contributed by atoms with van der Waals surface area (Å²) in [5, 5.41) is 1.84. The molecule has 1 aromatic rings. The lowest BCUT2D eigenvalue weighted by atomic mass is 10.2. The Bertz CT molecular complexity index is 376. The molecule has 1 rings (SSSR count). The number of benzene rings is 1. The van der Waals surface area contributed by atoms with Gasteiger partial charge in [0.25, 0.3) is 0 Å². The highest BCUT2D eigenvalue weighted by atomic mass is 32.1. The van der Waals surface area contributed by atoms with Crippen LogP contribution in [0.1, 0.15) is 10.4 Å². The van der Waals surface area contributed by atoms with Crippen LogP contribution in [-0.4, -0.2) is 11.4 Å². The quantitative estimate of drug-likeness (QED) is 0.416. The summed E-state index contributed by atoms with van der Waals surface area (Å²) in [4.78, 5) is 13.4. The first-order valence-corrected chi connectivity index (χ1v) is 3.62. The molecule has 0 saturated heterocycles. The molecule has 0 aliphatic carbocycles. The first-order chi connectivity index (χ1) is 6.19. The molecule has 5 heteroatoms. The maximum atomic E-state index is 12.9. The van der Waals surface area contributed by atoms with Crippen molar-refractivity contribution in [3.63, 3.8) is 0 Å². The first kappa shape index (κ1) is 9.64. The number of aliphatic imine (C=N–C) groups is 1. The van der Waals surface area contributed by atoms with Gasteiger partial charge in [-0.05, 0) is 24.4 Å². The Labute approximate surface area is 77.9 Å². The molecule has 0 radical (unpaired) electrons. The standard InChI is InChI=1S/C8H3F2NOS/c9-6-1-5(3-12)2-7(10)8(6)11-4-13/h1-3H. The minimum absolute atomic E-state index is 0.0849. The number of nitrogens with zero attached hydrogens (tertiary/aromatic N) is 1. The Morgan fingerprint density at radius 3 is 2.31 bits per heavy atom. The summed E-state index contributed by atoms with van der Waals surface area (Å²) in [6.07, 6.45) is 0.344. The molecule has 0 spiro atoms. The first-order valence-electron chi connectivity index (χ1n) is 3.21. The van der Waals surface area contributed by atoms with Crippen LogP contribution in [0.2, 0.25) is 0 Å². The summed E-state index contributed by atoms with van der Waals surface area (Å²) >= 11 is 4.19. The summed E-state index contributed by atoms with van der Waals surface area (Å²) in [5.74, 6) is -1.86. The lowest BCUT2D eigenvalue weighted by Gasteiger charge is -1.97. The normalized spacial score (nSPS) is 9.08. The Morgan fingerprint density at radius 2 is 1.92 bits per heavy atom. The Morgan fingerprint density at radius 1 is 1.38 bits per heavy atom. The van der Waals surface area contributed by atoms with Crippen LogP contribution in [0.15, 0.2) is 17.1 Å². The van der Waals surface area contributed by atoms with Gasteiger partial charge in [0.15, 0.2) is 11.6 Å². The molecule has 0 fully saturated rings. The van der Waals surface area contributed by atoms with E-state index < -0.39 is 17.3 Å². The lowest BCUT2D eigenvalue weighted by Crippen LogP contribution is -1.87. The van der Waals surface area contributed by atoms with Gasteiger partial charge in [0.1, 0.15) is 12.0 Å². The molecule has 0 heterocycles. The molecular weight excluding hydrogens is 196 g/mol. The third-order valence-electron chi connectivity index (χ3n) is 1.33. The summed E-state index contributed by atoms with van der Waals surface area (Å²) < 4.78 is 25.8. The summed E-state index contributed by atoms with van der Waals surface area (Å²) in [6.45, 7) is 0. The zero-order chi connectivity index (χ0) is 9.84. The molecule has 0 bridgehead atoms. The smallest absolute Gasteiger partial charge is 0.153 e. The highest BCUT2D eigenvalue weighted by Crippen LogP contribution is 2.22. The van der Waals surface area contributed by atoms with Gasteiger partial charge >= 0.3 is 0 Å². The molecule has 2 nitrogen and oxygen atoms in total. The van der Waals surface area contributed by atoms with E-state index in [2.05, 4.69) is 17.2 Å². The number of thiocarbonyl (C=S) groups is 1. The van der Waals surface area contributed by atoms with E-state index in [1.54, 1.807) is 0 Å². The van der Waals surface area contributed by atoms with Crippen LogP contribution in [0.25, 0.3) is 0 Å². The second-order valence-electron chi connectivity index (χ2n) is 2.15. The van der Waals surface area contributed by atoms with Crippen LogP contribution in [-0.2, 0) is 0 Å². The maximum Gasteiger partial charge on any atom is 0.153 e. The monoisotopic (exact) mass is 199 g/mol. The van der Waals surface area contributed by atoms with Crippen LogP contribution < -0.4 is 0 Å². The number of hydrogen-bond acceptors (Lipinski definition) is 3. The van der Waals surface area contributed by atoms with Gasteiger partial charge in [0.2, 0.25) is 0 Å². The van der Waals surface area contributed by atoms with E-state index in [0.29, 0.717) is 6.29 Å². The van der Waals surface area contributed by atoms with Crippen molar-refractivity contribution in [1.29, 1.82) is 0 Å². The molecule has 0 amide bonds. The van der Waals surface area contributed by atoms with Crippen LogP contribution in [0.3, 0.4) is 0 Å². The molecular formula is C8H3F2NOS. The van der Waals surface area contributed by atoms with Crippen molar-refractivity contribution in [3.8, 4) is 0 Å². The van der Waals surface area contributed by atoms with Gasteiger partial charge in [0, 0.05) is 5.56 Å². The van der Waals surface area contributed by atoms with Gasteiger partial charge in [-0.3, -0.25) is 4.79 Å². The number of hydrogen-bond donors (Lipinski definition) is 0. The van der Waals surface area contributed by atoms with Crippen molar-refractivity contribution >= 4 is 29.4 Å². The van der Waals surface area contributed by atoms with Gasteiger partial charge in [0.05, 0.1) is 5.16 Å². The fourth-order valence-electron chi connectivity index (χ4n) is 0.806. The number of carbonyl (C=O) groups is 1. The maximum absolute atomic E-state index is 12.9. The summed E-state index contributed by atoms with van der Waals surface area (Å²) in [5.41, 5.74) is -0.612. The average Bonchev–Trinajstić information content (AvgIpc) is 2.11. The van der Waals surface area contributed by atoms with E-state index in [1.807, 2.05) is 5.16 Å². The topological polar surface area (TPSA) is 29.4 Å². The number of carbonyl (C=O) groups excluding carboxylic acids is 1. The highest BCUT2D eigenvalue weighted by molar-refractivity contribution is 7.78. The van der Waals surface area contributed by atoms with Crippen LogP contribution in [0, 0.1) is 11.6 Å². The van der Waals surface area contributed by atoms with E-state index in [-0.39, 0.29) is 5.56 Å². The predicted octanol–water partition coefficient (Wildman–Crippen LogP) is 2.51. The molecule has 0 N–H and O–H groups in total. The van der Waals surface area contributed by atoms with E-state index >= 15 is 0 Å². The zero-order valence-electron chi connectivity index (χ0n) is 6.25. The van der Waals surface area contributed by atoms with Crippen molar-refractivity contribution in [2.75, 3.05) is 0 Å². The molecule has 0 saturated carbocycles. The minimum atomic E-state index is -0.931. The fraction of sp³-hybridized carbons (Fsp3) is 0. The van der Waals surface area contributed by atoms with E-state index in [0.717, 1.165) is 12.1 Å².